The fraction of sp³-hybridized carbons (Fsp3) is 0.250. The van der Waals surface area contributed by atoms with E-state index in [0.29, 0.717) is 15.2 Å². The minimum Gasteiger partial charge on any atom is -0.206 e. The summed E-state index contributed by atoms with van der Waals surface area (Å²) in [4.78, 5) is 0.360. The molecular weight excluding hydrogens is 371 g/mol. The molecule has 0 nitrogen and oxygen atoms in total. The van der Waals surface area contributed by atoms with Gasteiger partial charge in [-0.25, -0.2) is 4.39 Å². The molecule has 0 amide bonds. The summed E-state index contributed by atoms with van der Waals surface area (Å²) in [5.74, 6) is 0.301. The number of halogens is 3. The first-order chi connectivity index (χ1) is 9.16. The average Bonchev–Trinajstić information content (AvgIpc) is 2.73. The highest BCUT2D eigenvalue weighted by Gasteiger charge is 2.30. The van der Waals surface area contributed by atoms with Gasteiger partial charge in [0.05, 0.1) is 4.47 Å². The van der Waals surface area contributed by atoms with Crippen LogP contribution in [0.1, 0.15) is 21.5 Å². The van der Waals surface area contributed by atoms with Crippen LogP contribution in [0.2, 0.25) is 0 Å². The molecule has 19 heavy (non-hydrogen) atoms. The summed E-state index contributed by atoms with van der Waals surface area (Å²) >= 11 is 7.15. The molecule has 0 saturated heterocycles. The molecule has 0 aromatic heterocycles. The van der Waals surface area contributed by atoms with Crippen molar-refractivity contribution in [3.05, 3.63) is 69.4 Å². The van der Waals surface area contributed by atoms with E-state index in [0.717, 1.165) is 18.4 Å². The topological polar surface area (TPSA) is 0 Å². The van der Waals surface area contributed by atoms with Gasteiger partial charge in [-0.2, -0.15) is 0 Å². The van der Waals surface area contributed by atoms with Crippen LogP contribution in [0, 0.1) is 11.7 Å². The molecular formula is C16H13Br2F. The van der Waals surface area contributed by atoms with Crippen molar-refractivity contribution in [3.8, 4) is 0 Å². The highest BCUT2D eigenvalue weighted by molar-refractivity contribution is 9.10. The fourth-order valence-electron chi connectivity index (χ4n) is 2.79. The SMILES string of the molecule is Fc1cccc(CC2Cc3ccccc3C2Br)c1Br. The Hall–Kier alpha value is -0.670. The Morgan fingerprint density at radius 1 is 1.11 bits per heavy atom. The first-order valence-corrected chi connectivity index (χ1v) is 8.02. The second-order valence-electron chi connectivity index (χ2n) is 4.98. The van der Waals surface area contributed by atoms with Crippen LogP contribution < -0.4 is 0 Å². The van der Waals surface area contributed by atoms with E-state index < -0.39 is 0 Å². The number of benzene rings is 2. The number of hydrogen-bond acceptors (Lipinski definition) is 0. The summed E-state index contributed by atoms with van der Waals surface area (Å²) in [5.41, 5.74) is 3.82. The van der Waals surface area contributed by atoms with Gasteiger partial charge < -0.3 is 0 Å². The van der Waals surface area contributed by atoms with Crippen molar-refractivity contribution in [1.29, 1.82) is 0 Å². The third-order valence-electron chi connectivity index (χ3n) is 3.76. The number of rotatable bonds is 2. The fourth-order valence-corrected chi connectivity index (χ4v) is 4.04. The van der Waals surface area contributed by atoms with E-state index in [1.165, 1.54) is 17.2 Å². The second kappa shape index (κ2) is 5.37. The van der Waals surface area contributed by atoms with Crippen LogP contribution in [0.25, 0.3) is 0 Å². The number of alkyl halides is 1. The molecule has 3 rings (SSSR count). The van der Waals surface area contributed by atoms with Gasteiger partial charge in [-0.1, -0.05) is 52.3 Å². The molecule has 2 aromatic carbocycles. The van der Waals surface area contributed by atoms with Gasteiger partial charge in [-0.15, -0.1) is 0 Å². The van der Waals surface area contributed by atoms with Crippen molar-refractivity contribution in [1.82, 2.24) is 0 Å². The van der Waals surface area contributed by atoms with E-state index in [1.807, 2.05) is 6.07 Å². The van der Waals surface area contributed by atoms with Crippen LogP contribution >= 0.6 is 31.9 Å². The minimum atomic E-state index is -0.181. The van der Waals surface area contributed by atoms with Crippen LogP contribution in [0.15, 0.2) is 46.9 Å². The van der Waals surface area contributed by atoms with Crippen molar-refractivity contribution in [3.63, 3.8) is 0 Å². The minimum absolute atomic E-state index is 0.181. The maximum atomic E-state index is 13.6. The average molecular weight is 384 g/mol. The lowest BCUT2D eigenvalue weighted by Gasteiger charge is -2.15. The molecule has 2 unspecified atom stereocenters. The summed E-state index contributed by atoms with van der Waals surface area (Å²) in [5, 5.41) is 0. The van der Waals surface area contributed by atoms with Gasteiger partial charge in [0.1, 0.15) is 5.82 Å². The standard InChI is InChI=1S/C16H13Br2F/c17-15-12(8-10-4-1-2-6-13(10)15)9-11-5-3-7-14(19)16(11)18/h1-7,12,15H,8-9H2. The van der Waals surface area contributed by atoms with Crippen molar-refractivity contribution >= 4 is 31.9 Å². The second-order valence-corrected chi connectivity index (χ2v) is 6.76. The van der Waals surface area contributed by atoms with E-state index in [1.54, 1.807) is 6.07 Å². The van der Waals surface area contributed by atoms with Crippen LogP contribution in [0.4, 0.5) is 4.39 Å². The van der Waals surface area contributed by atoms with Gasteiger partial charge in [-0.3, -0.25) is 0 Å². The van der Waals surface area contributed by atoms with Gasteiger partial charge in [0.15, 0.2) is 0 Å². The number of hydrogen-bond donors (Lipinski definition) is 0. The summed E-state index contributed by atoms with van der Waals surface area (Å²) in [6, 6.07) is 13.8. The zero-order chi connectivity index (χ0) is 13.4. The van der Waals surface area contributed by atoms with Crippen molar-refractivity contribution in [2.75, 3.05) is 0 Å². The lowest BCUT2D eigenvalue weighted by atomic mass is 9.96. The molecule has 0 fully saturated rings. The van der Waals surface area contributed by atoms with Gasteiger partial charge in [0, 0.05) is 4.83 Å². The molecule has 0 heterocycles. The van der Waals surface area contributed by atoms with E-state index in [4.69, 9.17) is 0 Å². The molecule has 98 valence electrons. The van der Waals surface area contributed by atoms with Crippen molar-refractivity contribution < 1.29 is 4.39 Å². The molecule has 2 aromatic rings. The molecule has 0 radical (unpaired) electrons. The third kappa shape index (κ3) is 2.50. The van der Waals surface area contributed by atoms with E-state index in [-0.39, 0.29) is 5.82 Å². The third-order valence-corrected chi connectivity index (χ3v) is 5.89. The predicted octanol–water partition coefficient (Wildman–Crippen LogP) is 5.44. The number of fused-ring (bicyclic) bond motifs is 1. The molecule has 2 atom stereocenters. The first kappa shape index (κ1) is 13.3. The maximum absolute atomic E-state index is 13.6. The van der Waals surface area contributed by atoms with Crippen molar-refractivity contribution in [2.24, 2.45) is 5.92 Å². The van der Waals surface area contributed by atoms with Gasteiger partial charge in [-0.05, 0) is 57.4 Å². The molecule has 0 bridgehead atoms. The lowest BCUT2D eigenvalue weighted by molar-refractivity contribution is 0.548. The highest BCUT2D eigenvalue weighted by Crippen LogP contribution is 2.44. The van der Waals surface area contributed by atoms with E-state index in [2.05, 4.69) is 56.1 Å². The van der Waals surface area contributed by atoms with Crippen LogP contribution in [0.3, 0.4) is 0 Å². The van der Waals surface area contributed by atoms with E-state index >= 15 is 0 Å². The molecule has 3 heteroatoms. The molecule has 1 aliphatic rings. The Kier molecular flexibility index (Phi) is 3.77. The van der Waals surface area contributed by atoms with Crippen LogP contribution in [-0.4, -0.2) is 0 Å². The predicted molar refractivity (Wildman–Crippen MR) is 83.1 cm³/mol. The van der Waals surface area contributed by atoms with Crippen molar-refractivity contribution in [2.45, 2.75) is 17.7 Å². The molecule has 0 saturated carbocycles. The monoisotopic (exact) mass is 382 g/mol. The summed E-state index contributed by atoms with van der Waals surface area (Å²) in [7, 11) is 0. The Morgan fingerprint density at radius 2 is 1.89 bits per heavy atom. The zero-order valence-electron chi connectivity index (χ0n) is 10.2. The lowest BCUT2D eigenvalue weighted by Crippen LogP contribution is -2.07. The van der Waals surface area contributed by atoms with Gasteiger partial charge in [0.25, 0.3) is 0 Å². The largest absolute Gasteiger partial charge is 0.206 e. The van der Waals surface area contributed by atoms with Crippen LogP contribution in [0.5, 0.6) is 0 Å². The highest BCUT2D eigenvalue weighted by atomic mass is 79.9. The smallest absolute Gasteiger partial charge is 0.137 e. The summed E-state index contributed by atoms with van der Waals surface area (Å²) in [6.45, 7) is 0. The Balaban J connectivity index is 1.85. The molecule has 0 N–H and O–H groups in total. The Morgan fingerprint density at radius 3 is 2.68 bits per heavy atom. The first-order valence-electron chi connectivity index (χ1n) is 6.31. The summed E-state index contributed by atoms with van der Waals surface area (Å²) < 4.78 is 14.2. The summed E-state index contributed by atoms with van der Waals surface area (Å²) in [6.07, 6.45) is 1.93. The molecule has 0 spiro atoms. The molecule has 1 aliphatic carbocycles. The quantitative estimate of drug-likeness (QED) is 0.605. The Bertz CT molecular complexity index is 609. The maximum Gasteiger partial charge on any atom is 0.137 e. The van der Waals surface area contributed by atoms with Gasteiger partial charge >= 0.3 is 0 Å². The molecule has 0 aliphatic heterocycles. The van der Waals surface area contributed by atoms with Gasteiger partial charge in [0.2, 0.25) is 0 Å². The van der Waals surface area contributed by atoms with Crippen LogP contribution in [-0.2, 0) is 12.8 Å². The normalized spacial score (nSPS) is 21.4. The van der Waals surface area contributed by atoms with E-state index in [9.17, 15) is 4.39 Å². The Labute approximate surface area is 129 Å². The zero-order valence-corrected chi connectivity index (χ0v) is 13.4.